The van der Waals surface area contributed by atoms with Crippen molar-refractivity contribution in [1.29, 1.82) is 0 Å². The lowest BCUT2D eigenvalue weighted by Gasteiger charge is -2.30. The number of hydrogen-bond donors (Lipinski definition) is 1. The van der Waals surface area contributed by atoms with E-state index in [0.29, 0.717) is 12.2 Å². The molecule has 114 valence electrons. The average Bonchev–Trinajstić information content (AvgIpc) is 2.80. The van der Waals surface area contributed by atoms with Crippen LogP contribution in [0.2, 0.25) is 0 Å². The Bertz CT molecular complexity index is 524. The summed E-state index contributed by atoms with van der Waals surface area (Å²) < 4.78 is 26.4. The molecule has 0 saturated carbocycles. The number of aryl methyl sites for hydroxylation is 1. The van der Waals surface area contributed by atoms with Crippen molar-refractivity contribution in [2.75, 3.05) is 12.3 Å². The number of nitrogens with zero attached hydrogens (tertiary/aromatic N) is 2. The van der Waals surface area contributed by atoms with Gasteiger partial charge in [-0.15, -0.1) is 0 Å². The van der Waals surface area contributed by atoms with Gasteiger partial charge in [-0.3, -0.25) is 4.68 Å². The Balaban J connectivity index is 2.13. The average molecular weight is 299 g/mol. The van der Waals surface area contributed by atoms with Crippen LogP contribution in [0.5, 0.6) is 0 Å². The first kappa shape index (κ1) is 15.5. The molecule has 0 aliphatic carbocycles. The molecule has 1 aliphatic rings. The van der Waals surface area contributed by atoms with Gasteiger partial charge >= 0.3 is 0 Å². The monoisotopic (exact) mass is 299 g/mol. The molecule has 1 aromatic heterocycles. The number of sulfone groups is 1. The summed E-state index contributed by atoms with van der Waals surface area (Å²) in [7, 11) is -1.08. The van der Waals surface area contributed by atoms with Crippen molar-refractivity contribution < 1.29 is 8.42 Å². The minimum atomic E-state index is -2.96. The standard InChI is InChI=1S/C14H25N3O2S/c1-3-8-15-13(11-12-7-9-17(2)16-12)14-6-4-5-10-20(14,18)19/h7,9,13-15H,3-6,8,10-11H2,1-2H3. The number of hydrogen-bond acceptors (Lipinski definition) is 4. The molecular weight excluding hydrogens is 274 g/mol. The molecule has 2 rings (SSSR count). The van der Waals surface area contributed by atoms with Crippen LogP contribution in [0.25, 0.3) is 0 Å². The van der Waals surface area contributed by atoms with Gasteiger partial charge in [0.15, 0.2) is 9.84 Å². The van der Waals surface area contributed by atoms with Crippen LogP contribution in [-0.4, -0.2) is 41.8 Å². The molecule has 0 spiro atoms. The van der Waals surface area contributed by atoms with E-state index in [1.54, 1.807) is 4.68 Å². The van der Waals surface area contributed by atoms with Crippen LogP contribution in [0.3, 0.4) is 0 Å². The van der Waals surface area contributed by atoms with E-state index in [9.17, 15) is 8.42 Å². The summed E-state index contributed by atoms with van der Waals surface area (Å²) in [5.41, 5.74) is 0.960. The summed E-state index contributed by atoms with van der Waals surface area (Å²) in [5.74, 6) is 0.337. The van der Waals surface area contributed by atoms with Crippen LogP contribution in [-0.2, 0) is 23.3 Å². The quantitative estimate of drug-likeness (QED) is 0.860. The van der Waals surface area contributed by atoms with Crippen molar-refractivity contribution >= 4 is 9.84 Å². The third-order valence-corrected chi connectivity index (χ3v) is 6.28. The Morgan fingerprint density at radius 3 is 2.90 bits per heavy atom. The van der Waals surface area contributed by atoms with E-state index in [4.69, 9.17) is 0 Å². The third kappa shape index (κ3) is 3.82. The predicted octanol–water partition coefficient (Wildman–Crippen LogP) is 1.30. The maximum absolute atomic E-state index is 12.3. The summed E-state index contributed by atoms with van der Waals surface area (Å²) in [5, 5.41) is 7.55. The van der Waals surface area contributed by atoms with E-state index < -0.39 is 9.84 Å². The summed E-state index contributed by atoms with van der Waals surface area (Å²) in [6, 6.07) is 1.95. The van der Waals surface area contributed by atoms with E-state index in [1.165, 1.54) is 0 Å². The molecule has 1 saturated heterocycles. The van der Waals surface area contributed by atoms with Gasteiger partial charge in [0, 0.05) is 25.7 Å². The Labute approximate surface area is 121 Å². The first-order valence-electron chi connectivity index (χ1n) is 7.46. The van der Waals surface area contributed by atoms with E-state index in [0.717, 1.165) is 37.9 Å². The topological polar surface area (TPSA) is 64.0 Å². The first-order valence-corrected chi connectivity index (χ1v) is 9.18. The molecule has 2 atom stereocenters. The summed E-state index contributed by atoms with van der Waals surface area (Å²) in [6.45, 7) is 2.95. The predicted molar refractivity (Wildman–Crippen MR) is 80.4 cm³/mol. The largest absolute Gasteiger partial charge is 0.312 e. The minimum Gasteiger partial charge on any atom is -0.312 e. The molecule has 0 radical (unpaired) electrons. The highest BCUT2D eigenvalue weighted by molar-refractivity contribution is 7.92. The van der Waals surface area contributed by atoms with E-state index in [-0.39, 0.29) is 11.3 Å². The van der Waals surface area contributed by atoms with Gasteiger partial charge in [-0.2, -0.15) is 5.10 Å². The highest BCUT2D eigenvalue weighted by atomic mass is 32.2. The van der Waals surface area contributed by atoms with Gasteiger partial charge in [0.2, 0.25) is 0 Å². The fourth-order valence-corrected chi connectivity index (χ4v) is 5.02. The second kappa shape index (κ2) is 6.72. The molecule has 20 heavy (non-hydrogen) atoms. The van der Waals surface area contributed by atoms with E-state index in [2.05, 4.69) is 17.3 Å². The Hall–Kier alpha value is -0.880. The van der Waals surface area contributed by atoms with Crippen molar-refractivity contribution in [3.05, 3.63) is 18.0 Å². The van der Waals surface area contributed by atoms with Crippen molar-refractivity contribution in [1.82, 2.24) is 15.1 Å². The summed E-state index contributed by atoms with van der Waals surface area (Å²) in [6.07, 6.45) is 6.19. The molecule has 1 aromatic rings. The summed E-state index contributed by atoms with van der Waals surface area (Å²) in [4.78, 5) is 0. The Morgan fingerprint density at radius 1 is 1.50 bits per heavy atom. The van der Waals surface area contributed by atoms with Crippen LogP contribution in [0.1, 0.15) is 38.3 Å². The molecule has 0 amide bonds. The van der Waals surface area contributed by atoms with E-state index >= 15 is 0 Å². The van der Waals surface area contributed by atoms with Gasteiger partial charge in [-0.25, -0.2) is 8.42 Å². The van der Waals surface area contributed by atoms with Crippen molar-refractivity contribution in [3.8, 4) is 0 Å². The zero-order valence-electron chi connectivity index (χ0n) is 12.4. The van der Waals surface area contributed by atoms with E-state index in [1.807, 2.05) is 19.3 Å². The zero-order chi connectivity index (χ0) is 14.6. The number of aromatic nitrogens is 2. The molecule has 1 fully saturated rings. The Kier molecular flexibility index (Phi) is 5.21. The molecular formula is C14H25N3O2S. The highest BCUT2D eigenvalue weighted by Gasteiger charge is 2.35. The smallest absolute Gasteiger partial charge is 0.154 e. The van der Waals surface area contributed by atoms with Gasteiger partial charge < -0.3 is 5.32 Å². The van der Waals surface area contributed by atoms with Gasteiger partial charge in [-0.05, 0) is 31.9 Å². The summed E-state index contributed by atoms with van der Waals surface area (Å²) >= 11 is 0. The molecule has 1 aliphatic heterocycles. The zero-order valence-corrected chi connectivity index (χ0v) is 13.2. The highest BCUT2D eigenvalue weighted by Crippen LogP contribution is 2.24. The van der Waals surface area contributed by atoms with Crippen LogP contribution >= 0.6 is 0 Å². The van der Waals surface area contributed by atoms with Gasteiger partial charge in [-0.1, -0.05) is 13.3 Å². The fourth-order valence-electron chi connectivity index (χ4n) is 2.89. The maximum Gasteiger partial charge on any atom is 0.154 e. The number of nitrogens with one attached hydrogen (secondary N) is 1. The van der Waals surface area contributed by atoms with Crippen LogP contribution in [0.4, 0.5) is 0 Å². The SMILES string of the molecule is CCCNC(Cc1ccn(C)n1)C1CCCCS1(=O)=O. The molecule has 6 heteroatoms. The lowest BCUT2D eigenvalue weighted by atomic mass is 10.0. The molecule has 1 N–H and O–H groups in total. The molecule has 2 unspecified atom stereocenters. The first-order chi connectivity index (χ1) is 9.53. The number of rotatable bonds is 6. The molecule has 2 heterocycles. The molecule has 5 nitrogen and oxygen atoms in total. The van der Waals surface area contributed by atoms with Gasteiger partial charge in [0.1, 0.15) is 0 Å². The van der Waals surface area contributed by atoms with Gasteiger partial charge in [0.25, 0.3) is 0 Å². The molecule has 0 aromatic carbocycles. The normalized spacial score (nSPS) is 23.6. The van der Waals surface area contributed by atoms with Crippen molar-refractivity contribution in [3.63, 3.8) is 0 Å². The second-order valence-corrected chi connectivity index (χ2v) is 7.99. The lowest BCUT2D eigenvalue weighted by Crippen LogP contribution is -2.48. The van der Waals surface area contributed by atoms with Crippen molar-refractivity contribution in [2.45, 2.75) is 50.3 Å². The van der Waals surface area contributed by atoms with Crippen molar-refractivity contribution in [2.24, 2.45) is 7.05 Å². The Morgan fingerprint density at radius 2 is 2.30 bits per heavy atom. The lowest BCUT2D eigenvalue weighted by molar-refractivity contribution is 0.430. The second-order valence-electron chi connectivity index (χ2n) is 5.65. The van der Waals surface area contributed by atoms with Gasteiger partial charge in [0.05, 0.1) is 16.7 Å². The maximum atomic E-state index is 12.3. The minimum absolute atomic E-state index is 0.0184. The third-order valence-electron chi connectivity index (χ3n) is 3.93. The fraction of sp³-hybridized carbons (Fsp3) is 0.786. The van der Waals surface area contributed by atoms with Crippen LogP contribution in [0, 0.1) is 0 Å². The van der Waals surface area contributed by atoms with Crippen LogP contribution < -0.4 is 5.32 Å². The molecule has 0 bridgehead atoms. The van der Waals surface area contributed by atoms with Crippen LogP contribution in [0.15, 0.2) is 12.3 Å².